The Morgan fingerprint density at radius 3 is 1.90 bits per heavy atom. The topological polar surface area (TPSA) is 195 Å². The van der Waals surface area contributed by atoms with Crippen molar-refractivity contribution >= 4 is 65.9 Å². The van der Waals surface area contributed by atoms with Crippen LogP contribution in [0, 0.1) is 13.8 Å². The summed E-state index contributed by atoms with van der Waals surface area (Å²) in [7, 11) is -5.53. The van der Waals surface area contributed by atoms with E-state index in [2.05, 4.69) is 15.3 Å². The molecule has 0 aromatic heterocycles. The number of guanidine groups is 1. The zero-order valence-electron chi connectivity index (χ0n) is 26.5. The van der Waals surface area contributed by atoms with Crippen LogP contribution in [0.25, 0.3) is 10.8 Å². The van der Waals surface area contributed by atoms with E-state index in [9.17, 15) is 31.0 Å². The Bertz CT molecular complexity index is 2230. The summed E-state index contributed by atoms with van der Waals surface area (Å²) < 4.78 is 64.8. The van der Waals surface area contributed by atoms with Crippen LogP contribution in [0.2, 0.25) is 0 Å². The normalized spacial score (nSPS) is 12.1. The molecule has 0 unspecified atom stereocenters. The van der Waals surface area contributed by atoms with E-state index in [1.165, 1.54) is 6.21 Å². The molecule has 5 aromatic rings. The number of anilines is 2. The SMILES string of the molecule is CN(C)c1ccc(C=Nc2cc(S(=O)(=O)O)cc3cc(S(=O)(=O)O)cc(O)c23)cc1.Cc1ccccc1N=C(N)Nc1ccccc1C. The van der Waals surface area contributed by atoms with Crippen LogP contribution in [-0.2, 0) is 20.2 Å². The van der Waals surface area contributed by atoms with E-state index in [4.69, 9.17) is 5.73 Å². The highest BCUT2D eigenvalue weighted by Gasteiger charge is 2.19. The molecule has 0 saturated heterocycles. The fourth-order valence-electron chi connectivity index (χ4n) is 4.52. The van der Waals surface area contributed by atoms with Gasteiger partial charge in [0.1, 0.15) is 5.75 Å². The number of phenols is 1. The van der Waals surface area contributed by atoms with Gasteiger partial charge in [0.05, 0.1) is 21.2 Å². The number of aryl methyl sites for hydroxylation is 2. The average Bonchev–Trinajstić information content (AvgIpc) is 3.01. The van der Waals surface area contributed by atoms with Crippen LogP contribution in [0.5, 0.6) is 5.75 Å². The number of hydrogen-bond acceptors (Lipinski definition) is 8. The number of phenolic OH excluding ortho intramolecular Hbond substituents is 1. The Hall–Kier alpha value is -5.28. The lowest BCUT2D eigenvalue weighted by Gasteiger charge is -2.12. The standard InChI is InChI=1S/C19H18N2O7S2.C15H17N3/c1-21(2)14-5-3-12(4-6-14)11-20-17-9-15(29(23,24)25)7-13-8-16(30(26,27)28)10-18(22)19(13)17;1-11-7-3-5-9-13(11)17-15(16)18-14-10-6-4-8-12(14)2/h3-11,22H,1-2H3,(H,23,24,25)(H,26,27,28);3-10H,1-2H3,(H3,16,17,18). The molecule has 14 heteroatoms. The Kier molecular flexibility index (Phi) is 10.9. The lowest BCUT2D eigenvalue weighted by Crippen LogP contribution is -2.22. The first kappa shape index (κ1) is 35.6. The van der Waals surface area contributed by atoms with Crippen LogP contribution in [0.4, 0.5) is 22.7 Å². The molecule has 0 aliphatic heterocycles. The van der Waals surface area contributed by atoms with Crippen LogP contribution in [-0.4, -0.2) is 57.3 Å². The Labute approximate surface area is 279 Å². The van der Waals surface area contributed by atoms with Gasteiger partial charge < -0.3 is 21.1 Å². The number of nitrogens with one attached hydrogen (secondary N) is 1. The second-order valence-electron chi connectivity index (χ2n) is 10.9. The third-order valence-corrected chi connectivity index (χ3v) is 8.74. The predicted octanol–water partition coefficient (Wildman–Crippen LogP) is 6.22. The van der Waals surface area contributed by atoms with E-state index in [0.29, 0.717) is 11.5 Å². The summed E-state index contributed by atoms with van der Waals surface area (Å²) >= 11 is 0. The largest absolute Gasteiger partial charge is 0.507 e. The minimum Gasteiger partial charge on any atom is -0.507 e. The second-order valence-corrected chi connectivity index (χ2v) is 13.7. The number of fused-ring (bicyclic) bond motifs is 1. The van der Waals surface area contributed by atoms with E-state index in [-0.39, 0.29) is 16.5 Å². The van der Waals surface area contributed by atoms with Gasteiger partial charge in [-0.25, -0.2) is 4.99 Å². The van der Waals surface area contributed by atoms with Crippen molar-refractivity contribution in [2.45, 2.75) is 23.6 Å². The first-order valence-electron chi connectivity index (χ1n) is 14.3. The average molecular weight is 690 g/mol. The number of rotatable bonds is 7. The molecule has 0 aliphatic rings. The summed E-state index contributed by atoms with van der Waals surface area (Å²) in [5, 5.41) is 13.4. The molecule has 250 valence electrons. The van der Waals surface area contributed by atoms with Crippen molar-refractivity contribution in [3.63, 3.8) is 0 Å². The highest BCUT2D eigenvalue weighted by atomic mass is 32.2. The Morgan fingerprint density at radius 2 is 1.33 bits per heavy atom. The monoisotopic (exact) mass is 689 g/mol. The van der Waals surface area contributed by atoms with Gasteiger partial charge in [-0.2, -0.15) is 16.8 Å². The number of para-hydroxylation sites is 2. The van der Waals surface area contributed by atoms with Gasteiger partial charge in [-0.15, -0.1) is 0 Å². The van der Waals surface area contributed by atoms with Crippen molar-refractivity contribution in [1.29, 1.82) is 0 Å². The van der Waals surface area contributed by atoms with E-state index in [0.717, 1.165) is 52.5 Å². The smallest absolute Gasteiger partial charge is 0.294 e. The molecular formula is C34H35N5O7S2. The maximum atomic E-state index is 11.6. The Balaban J connectivity index is 0.000000246. The van der Waals surface area contributed by atoms with Crippen molar-refractivity contribution in [2.75, 3.05) is 24.3 Å². The molecule has 0 atom stereocenters. The van der Waals surface area contributed by atoms with Crippen molar-refractivity contribution in [3.05, 3.63) is 114 Å². The molecular weight excluding hydrogens is 655 g/mol. The quantitative estimate of drug-likeness (QED) is 0.0744. The molecule has 0 fully saturated rings. The minimum atomic E-state index is -4.66. The van der Waals surface area contributed by atoms with E-state index < -0.39 is 35.8 Å². The highest BCUT2D eigenvalue weighted by molar-refractivity contribution is 7.86. The lowest BCUT2D eigenvalue weighted by molar-refractivity contribution is 0.471. The molecule has 0 saturated carbocycles. The number of hydrogen-bond donors (Lipinski definition) is 5. The maximum Gasteiger partial charge on any atom is 0.294 e. The second kappa shape index (κ2) is 14.6. The third kappa shape index (κ3) is 9.17. The van der Waals surface area contributed by atoms with Crippen molar-refractivity contribution in [3.8, 4) is 5.75 Å². The van der Waals surface area contributed by atoms with Gasteiger partial charge in [0.15, 0.2) is 5.96 Å². The first-order valence-corrected chi connectivity index (χ1v) is 17.2. The molecule has 48 heavy (non-hydrogen) atoms. The van der Waals surface area contributed by atoms with Gasteiger partial charge in [-0.1, -0.05) is 48.5 Å². The summed E-state index contributed by atoms with van der Waals surface area (Å²) in [6.45, 7) is 4.04. The summed E-state index contributed by atoms with van der Waals surface area (Å²) in [5.41, 5.74) is 11.6. The molecule has 12 nitrogen and oxygen atoms in total. The summed E-state index contributed by atoms with van der Waals surface area (Å²) in [6, 6.07) is 27.0. The van der Waals surface area contributed by atoms with Crippen LogP contribution < -0.4 is 16.0 Å². The number of benzene rings is 5. The van der Waals surface area contributed by atoms with Crippen LogP contribution in [0.1, 0.15) is 16.7 Å². The summed E-state index contributed by atoms with van der Waals surface area (Å²) in [6.07, 6.45) is 1.43. The maximum absolute atomic E-state index is 11.6. The summed E-state index contributed by atoms with van der Waals surface area (Å²) in [4.78, 5) is 9.33. The fraction of sp³-hybridized carbons (Fsp3) is 0.118. The molecule has 6 N–H and O–H groups in total. The van der Waals surface area contributed by atoms with Crippen LogP contribution in [0.3, 0.4) is 0 Å². The summed E-state index contributed by atoms with van der Waals surface area (Å²) in [5.74, 6) is -0.129. The molecule has 0 aliphatic carbocycles. The minimum absolute atomic E-state index is 0.0174. The van der Waals surface area contributed by atoms with Crippen molar-refractivity contribution in [1.82, 2.24) is 0 Å². The number of aliphatic imine (C=N–C) groups is 2. The third-order valence-electron chi connectivity index (χ3n) is 7.08. The molecule has 5 aromatic carbocycles. The van der Waals surface area contributed by atoms with Crippen LogP contribution >= 0.6 is 0 Å². The van der Waals surface area contributed by atoms with Gasteiger partial charge in [0.2, 0.25) is 0 Å². The highest BCUT2D eigenvalue weighted by Crippen LogP contribution is 2.38. The van der Waals surface area contributed by atoms with Gasteiger partial charge in [-0.3, -0.25) is 14.1 Å². The van der Waals surface area contributed by atoms with Gasteiger partial charge in [0, 0.05) is 43.1 Å². The molecule has 0 bridgehead atoms. The first-order chi connectivity index (χ1) is 22.5. The van der Waals surface area contributed by atoms with E-state index in [1.807, 2.05) is 93.5 Å². The predicted molar refractivity (Wildman–Crippen MR) is 191 cm³/mol. The number of nitrogens with zero attached hydrogens (tertiary/aromatic N) is 3. The Morgan fingerprint density at radius 1 is 0.771 bits per heavy atom. The molecule has 0 spiro atoms. The molecule has 0 amide bonds. The zero-order valence-corrected chi connectivity index (χ0v) is 28.2. The molecule has 0 heterocycles. The van der Waals surface area contributed by atoms with Crippen molar-refractivity contribution in [2.24, 2.45) is 15.7 Å². The lowest BCUT2D eigenvalue weighted by atomic mass is 10.1. The van der Waals surface area contributed by atoms with Gasteiger partial charge >= 0.3 is 0 Å². The van der Waals surface area contributed by atoms with Gasteiger partial charge in [-0.05, 0) is 78.4 Å². The molecule has 5 rings (SSSR count). The molecule has 0 radical (unpaired) electrons. The van der Waals surface area contributed by atoms with Gasteiger partial charge in [0.25, 0.3) is 20.2 Å². The fourth-order valence-corrected chi connectivity index (χ4v) is 5.59. The van der Waals surface area contributed by atoms with E-state index in [1.54, 1.807) is 12.1 Å². The zero-order chi connectivity index (χ0) is 35.2. The van der Waals surface area contributed by atoms with E-state index >= 15 is 0 Å². The van der Waals surface area contributed by atoms with Crippen molar-refractivity contribution < 1.29 is 31.0 Å². The number of aromatic hydroxyl groups is 1. The van der Waals surface area contributed by atoms with Crippen LogP contribution in [0.15, 0.2) is 117 Å². The number of nitrogens with two attached hydrogens (primary N) is 1.